The molecule has 60 valence electrons. The lowest BCUT2D eigenvalue weighted by Gasteiger charge is -2.03. The number of ether oxygens (including phenoxy) is 1. The standard InChI is InChI=1S/C4H12BO4P/c5-1-2-9-3-4-10(6,7)8/h1-5H2,(H2,6,7,8). The van der Waals surface area contributed by atoms with Crippen LogP contribution in [0.1, 0.15) is 0 Å². The Labute approximate surface area is 61.2 Å². The predicted molar refractivity (Wildman–Crippen MR) is 41.1 cm³/mol. The highest BCUT2D eigenvalue weighted by Gasteiger charge is 2.11. The summed E-state index contributed by atoms with van der Waals surface area (Å²) >= 11 is 0. The Hall–Kier alpha value is 0.175. The van der Waals surface area contributed by atoms with E-state index in [9.17, 15) is 4.57 Å². The van der Waals surface area contributed by atoms with Gasteiger partial charge in [0, 0.05) is 6.61 Å². The minimum Gasteiger partial charge on any atom is -0.382 e. The van der Waals surface area contributed by atoms with Gasteiger partial charge in [0.2, 0.25) is 0 Å². The first-order valence-electron chi connectivity index (χ1n) is 3.18. The summed E-state index contributed by atoms with van der Waals surface area (Å²) in [5, 5.41) is 0. The molecule has 10 heavy (non-hydrogen) atoms. The van der Waals surface area contributed by atoms with Gasteiger partial charge in [-0.2, -0.15) is 0 Å². The number of rotatable bonds is 5. The summed E-state index contributed by atoms with van der Waals surface area (Å²) in [5.74, 6) is 0. The lowest BCUT2D eigenvalue weighted by atomic mass is 10.1. The van der Waals surface area contributed by atoms with Crippen LogP contribution in [0.4, 0.5) is 0 Å². The molecule has 0 aromatic carbocycles. The lowest BCUT2D eigenvalue weighted by molar-refractivity contribution is 0.159. The minimum atomic E-state index is -3.83. The molecule has 0 aliphatic rings. The average molecular weight is 166 g/mol. The van der Waals surface area contributed by atoms with Crippen molar-refractivity contribution >= 4 is 15.4 Å². The molecule has 0 amide bonds. The van der Waals surface area contributed by atoms with Crippen LogP contribution in [0, 0.1) is 0 Å². The number of hydrogen-bond donors (Lipinski definition) is 2. The molecule has 0 aromatic heterocycles. The van der Waals surface area contributed by atoms with Gasteiger partial charge >= 0.3 is 7.60 Å². The van der Waals surface area contributed by atoms with Crippen molar-refractivity contribution in [1.29, 1.82) is 0 Å². The van der Waals surface area contributed by atoms with E-state index in [-0.39, 0.29) is 12.8 Å². The topological polar surface area (TPSA) is 66.8 Å². The summed E-state index contributed by atoms with van der Waals surface area (Å²) in [6.45, 7) is 0.720. The molecule has 4 nitrogen and oxygen atoms in total. The summed E-state index contributed by atoms with van der Waals surface area (Å²) in [4.78, 5) is 16.7. The van der Waals surface area contributed by atoms with Crippen LogP contribution < -0.4 is 0 Å². The van der Waals surface area contributed by atoms with E-state index in [1.165, 1.54) is 0 Å². The summed E-state index contributed by atoms with van der Waals surface area (Å²) in [7, 11) is -1.89. The van der Waals surface area contributed by atoms with Crippen molar-refractivity contribution in [3.63, 3.8) is 0 Å². The number of hydrogen-bond acceptors (Lipinski definition) is 2. The molecule has 6 heteroatoms. The highest BCUT2D eigenvalue weighted by atomic mass is 31.2. The fraction of sp³-hybridized carbons (Fsp3) is 1.00. The van der Waals surface area contributed by atoms with Crippen molar-refractivity contribution < 1.29 is 19.1 Å². The molecule has 0 heterocycles. The Morgan fingerprint density at radius 1 is 1.40 bits per heavy atom. The van der Waals surface area contributed by atoms with E-state index in [1.54, 1.807) is 0 Å². The molecule has 2 N–H and O–H groups in total. The van der Waals surface area contributed by atoms with Gasteiger partial charge in [-0.1, -0.05) is 6.32 Å². The van der Waals surface area contributed by atoms with Crippen LogP contribution in [0.2, 0.25) is 6.32 Å². The fourth-order valence-corrected chi connectivity index (χ4v) is 0.797. The SMILES string of the molecule is BCCOCCP(=O)(O)O. The van der Waals surface area contributed by atoms with Crippen LogP contribution in [0.3, 0.4) is 0 Å². The first-order valence-corrected chi connectivity index (χ1v) is 4.98. The third-order valence-electron chi connectivity index (χ3n) is 0.875. The van der Waals surface area contributed by atoms with Crippen molar-refractivity contribution in [2.45, 2.75) is 6.32 Å². The largest absolute Gasteiger partial charge is 0.382 e. The van der Waals surface area contributed by atoms with E-state index >= 15 is 0 Å². The quantitative estimate of drug-likeness (QED) is 0.319. The van der Waals surface area contributed by atoms with E-state index in [0.29, 0.717) is 6.61 Å². The molecule has 0 saturated carbocycles. The average Bonchev–Trinajstić information content (AvgIpc) is 1.78. The van der Waals surface area contributed by atoms with Crippen LogP contribution in [0.25, 0.3) is 0 Å². The van der Waals surface area contributed by atoms with Gasteiger partial charge < -0.3 is 14.5 Å². The van der Waals surface area contributed by atoms with Gasteiger partial charge in [0.05, 0.1) is 12.8 Å². The highest BCUT2D eigenvalue weighted by Crippen LogP contribution is 2.33. The smallest absolute Gasteiger partial charge is 0.327 e. The molecule has 0 spiro atoms. The highest BCUT2D eigenvalue weighted by molar-refractivity contribution is 7.51. The molecule has 0 unspecified atom stereocenters. The van der Waals surface area contributed by atoms with Crippen LogP contribution in [-0.2, 0) is 9.30 Å². The molecule has 0 bridgehead atoms. The van der Waals surface area contributed by atoms with Crippen LogP contribution in [0.5, 0.6) is 0 Å². The van der Waals surface area contributed by atoms with E-state index in [1.807, 2.05) is 7.85 Å². The zero-order valence-corrected chi connectivity index (χ0v) is 6.88. The maximum absolute atomic E-state index is 10.2. The maximum Gasteiger partial charge on any atom is 0.327 e. The van der Waals surface area contributed by atoms with Crippen molar-refractivity contribution in [3.05, 3.63) is 0 Å². The normalized spacial score (nSPS) is 11.8. The Morgan fingerprint density at radius 2 is 2.00 bits per heavy atom. The molecule has 0 atom stereocenters. The van der Waals surface area contributed by atoms with Crippen LogP contribution in [-0.4, -0.2) is 37.0 Å². The third kappa shape index (κ3) is 8.17. The molecule has 0 rings (SSSR count). The summed E-state index contributed by atoms with van der Waals surface area (Å²) in [6, 6.07) is 0. The van der Waals surface area contributed by atoms with Crippen LogP contribution in [0.15, 0.2) is 0 Å². The van der Waals surface area contributed by atoms with Gasteiger partial charge in [0.25, 0.3) is 0 Å². The molecular weight excluding hydrogens is 154 g/mol. The predicted octanol–water partition coefficient (Wildman–Crippen LogP) is -0.768. The summed E-state index contributed by atoms with van der Waals surface area (Å²) in [5.41, 5.74) is 0. The molecule has 0 radical (unpaired) electrons. The Balaban J connectivity index is 3.13. The second kappa shape index (κ2) is 4.91. The maximum atomic E-state index is 10.2. The van der Waals surface area contributed by atoms with Gasteiger partial charge in [-0.05, 0) is 0 Å². The first kappa shape index (κ1) is 10.2. The molecular formula is C4H12BO4P. The van der Waals surface area contributed by atoms with E-state index in [0.717, 1.165) is 6.32 Å². The zero-order chi connectivity index (χ0) is 8.04. The first-order chi connectivity index (χ1) is 4.56. The van der Waals surface area contributed by atoms with Crippen molar-refractivity contribution in [3.8, 4) is 0 Å². The van der Waals surface area contributed by atoms with E-state index in [4.69, 9.17) is 14.5 Å². The summed E-state index contributed by atoms with van der Waals surface area (Å²) in [6.07, 6.45) is 0.703. The monoisotopic (exact) mass is 166 g/mol. The molecule has 0 aromatic rings. The lowest BCUT2D eigenvalue weighted by Crippen LogP contribution is -2.01. The Kier molecular flexibility index (Phi) is 5.00. The van der Waals surface area contributed by atoms with Crippen LogP contribution >= 0.6 is 7.60 Å². The minimum absolute atomic E-state index is 0.151. The molecule has 0 aliphatic heterocycles. The van der Waals surface area contributed by atoms with E-state index < -0.39 is 7.60 Å². The zero-order valence-electron chi connectivity index (χ0n) is 5.99. The third-order valence-corrected chi connectivity index (χ3v) is 1.64. The Morgan fingerprint density at radius 3 is 2.40 bits per heavy atom. The van der Waals surface area contributed by atoms with Gasteiger partial charge in [-0.15, -0.1) is 0 Å². The van der Waals surface area contributed by atoms with Gasteiger partial charge in [0.15, 0.2) is 0 Å². The van der Waals surface area contributed by atoms with E-state index in [2.05, 4.69) is 0 Å². The van der Waals surface area contributed by atoms with Gasteiger partial charge in [0.1, 0.15) is 7.85 Å². The molecule has 0 aliphatic carbocycles. The van der Waals surface area contributed by atoms with Crippen molar-refractivity contribution in [1.82, 2.24) is 0 Å². The fourth-order valence-electron chi connectivity index (χ4n) is 0.430. The second-order valence-corrected chi connectivity index (χ2v) is 3.78. The Bertz CT molecular complexity index is 122. The van der Waals surface area contributed by atoms with Gasteiger partial charge in [-0.3, -0.25) is 4.57 Å². The summed E-state index contributed by atoms with van der Waals surface area (Å²) < 4.78 is 15.1. The van der Waals surface area contributed by atoms with Crippen molar-refractivity contribution in [2.75, 3.05) is 19.4 Å². The van der Waals surface area contributed by atoms with Gasteiger partial charge in [-0.25, -0.2) is 0 Å². The molecule has 0 saturated heterocycles. The molecule has 0 fully saturated rings. The van der Waals surface area contributed by atoms with Crippen molar-refractivity contribution in [2.24, 2.45) is 0 Å². The second-order valence-electron chi connectivity index (χ2n) is 2.00.